The second-order valence-corrected chi connectivity index (χ2v) is 8.69. The van der Waals surface area contributed by atoms with Crippen LogP contribution >= 0.6 is 31.9 Å². The summed E-state index contributed by atoms with van der Waals surface area (Å²) in [5.74, 6) is 0. The third-order valence-electron chi connectivity index (χ3n) is 3.44. The highest BCUT2D eigenvalue weighted by Gasteiger charge is 2.19. The Kier molecular flexibility index (Phi) is 8.74. The van der Waals surface area contributed by atoms with Gasteiger partial charge < -0.3 is 15.4 Å². The first-order valence-corrected chi connectivity index (χ1v) is 9.88. The van der Waals surface area contributed by atoms with Gasteiger partial charge in [-0.15, -0.1) is 0 Å². The summed E-state index contributed by atoms with van der Waals surface area (Å²) in [6, 6.07) is 6.53. The van der Waals surface area contributed by atoms with Gasteiger partial charge in [0.25, 0.3) is 0 Å². The molecule has 0 saturated heterocycles. The van der Waals surface area contributed by atoms with E-state index < -0.39 is 5.60 Å². The molecule has 1 rings (SSSR count). The zero-order chi connectivity index (χ0) is 18.3. The summed E-state index contributed by atoms with van der Waals surface area (Å²) < 4.78 is 7.40. The Morgan fingerprint density at radius 2 is 1.96 bits per heavy atom. The maximum absolute atomic E-state index is 11.8. The van der Waals surface area contributed by atoms with Crippen LogP contribution in [0.4, 0.5) is 4.79 Å². The predicted molar refractivity (Wildman–Crippen MR) is 106 cm³/mol. The Bertz CT molecular complexity index is 544. The Balaban J connectivity index is 2.63. The minimum Gasteiger partial charge on any atom is -0.444 e. The van der Waals surface area contributed by atoms with Crippen molar-refractivity contribution in [1.82, 2.24) is 10.6 Å². The summed E-state index contributed by atoms with van der Waals surface area (Å²) >= 11 is 7.09. The molecule has 0 aliphatic heterocycles. The number of ether oxygens (including phenoxy) is 1. The molecule has 6 heteroatoms. The van der Waals surface area contributed by atoms with E-state index in [2.05, 4.69) is 62.4 Å². The van der Waals surface area contributed by atoms with Gasteiger partial charge in [0.15, 0.2) is 0 Å². The number of amides is 1. The first-order valence-electron chi connectivity index (χ1n) is 8.30. The van der Waals surface area contributed by atoms with Crippen molar-refractivity contribution in [3.8, 4) is 0 Å². The smallest absolute Gasteiger partial charge is 0.407 e. The lowest BCUT2D eigenvalue weighted by atomic mass is 10.1. The van der Waals surface area contributed by atoms with Crippen LogP contribution in [0.25, 0.3) is 0 Å². The lowest BCUT2D eigenvalue weighted by molar-refractivity contribution is 0.0521. The van der Waals surface area contributed by atoms with Gasteiger partial charge >= 0.3 is 6.09 Å². The van der Waals surface area contributed by atoms with Gasteiger partial charge in [-0.3, -0.25) is 0 Å². The summed E-state index contributed by atoms with van der Waals surface area (Å²) in [6.07, 6.45) is 1.65. The number of halogens is 2. The third-order valence-corrected chi connectivity index (χ3v) is 4.62. The maximum atomic E-state index is 11.8. The molecular formula is C18H28Br2N2O2. The molecule has 2 unspecified atom stereocenters. The molecule has 4 nitrogen and oxygen atoms in total. The van der Waals surface area contributed by atoms with E-state index in [1.54, 1.807) is 0 Å². The minimum absolute atomic E-state index is 0.171. The van der Waals surface area contributed by atoms with Crippen molar-refractivity contribution in [3.05, 3.63) is 32.7 Å². The average Bonchev–Trinajstić information content (AvgIpc) is 2.43. The first kappa shape index (κ1) is 21.5. The van der Waals surface area contributed by atoms with Gasteiger partial charge in [-0.25, -0.2) is 4.79 Å². The number of benzene rings is 1. The zero-order valence-corrected chi connectivity index (χ0v) is 18.3. The van der Waals surface area contributed by atoms with Crippen LogP contribution in [0.5, 0.6) is 0 Å². The van der Waals surface area contributed by atoms with E-state index >= 15 is 0 Å². The second-order valence-electron chi connectivity index (χ2n) is 6.92. The normalized spacial score (nSPS) is 14.1. The summed E-state index contributed by atoms with van der Waals surface area (Å²) in [5, 5.41) is 6.46. The first-order chi connectivity index (χ1) is 11.1. The van der Waals surface area contributed by atoms with Crippen LogP contribution in [0.1, 0.15) is 59.1 Å². The van der Waals surface area contributed by atoms with Gasteiger partial charge in [0.2, 0.25) is 0 Å². The van der Waals surface area contributed by atoms with Crippen molar-refractivity contribution in [3.63, 3.8) is 0 Å². The molecule has 0 aromatic heterocycles. The molecule has 2 N–H and O–H groups in total. The molecule has 0 aliphatic rings. The topological polar surface area (TPSA) is 50.4 Å². The van der Waals surface area contributed by atoms with E-state index in [0.29, 0.717) is 6.54 Å². The lowest BCUT2D eigenvalue weighted by Crippen LogP contribution is -2.43. The van der Waals surface area contributed by atoms with Crippen molar-refractivity contribution in [2.75, 3.05) is 6.54 Å². The molecule has 0 heterocycles. The highest BCUT2D eigenvalue weighted by Crippen LogP contribution is 2.27. The predicted octanol–water partition coefficient (Wildman–Crippen LogP) is 5.56. The van der Waals surface area contributed by atoms with Crippen LogP contribution in [0, 0.1) is 0 Å². The largest absolute Gasteiger partial charge is 0.444 e. The highest BCUT2D eigenvalue weighted by molar-refractivity contribution is 9.11. The molecule has 1 amide bonds. The van der Waals surface area contributed by atoms with Crippen molar-refractivity contribution >= 4 is 38.0 Å². The van der Waals surface area contributed by atoms with Gasteiger partial charge in [0.1, 0.15) is 5.60 Å². The zero-order valence-electron chi connectivity index (χ0n) is 15.1. The number of hydrogen-bond donors (Lipinski definition) is 2. The fraction of sp³-hybridized carbons (Fsp3) is 0.611. The molecule has 0 bridgehead atoms. The van der Waals surface area contributed by atoms with Gasteiger partial charge in [0, 0.05) is 27.6 Å². The standard InChI is InChI=1S/C18H28Br2N2O2/c1-6-7-14(11-21-17(23)24-18(3,4)5)22-12(2)15-9-8-13(19)10-16(15)20/h8-10,12,14,22H,6-7,11H2,1-5H3,(H,21,23). The van der Waals surface area contributed by atoms with E-state index in [1.165, 1.54) is 5.56 Å². The summed E-state index contributed by atoms with van der Waals surface area (Å²) in [6.45, 7) is 10.4. The number of rotatable bonds is 7. The molecule has 0 spiro atoms. The Morgan fingerprint density at radius 3 is 2.50 bits per heavy atom. The lowest BCUT2D eigenvalue weighted by Gasteiger charge is -2.25. The maximum Gasteiger partial charge on any atom is 0.407 e. The van der Waals surface area contributed by atoms with Gasteiger partial charge in [0.05, 0.1) is 0 Å². The molecule has 0 aliphatic carbocycles. The minimum atomic E-state index is -0.479. The Labute approximate surface area is 162 Å². The molecule has 0 saturated carbocycles. The summed E-state index contributed by atoms with van der Waals surface area (Å²) in [7, 11) is 0. The summed E-state index contributed by atoms with van der Waals surface area (Å²) in [4.78, 5) is 11.8. The number of nitrogens with one attached hydrogen (secondary N) is 2. The molecule has 0 fully saturated rings. The fourth-order valence-electron chi connectivity index (χ4n) is 2.41. The number of carbonyl (C=O) groups is 1. The molecule has 24 heavy (non-hydrogen) atoms. The second kappa shape index (κ2) is 9.78. The fourth-order valence-corrected chi connectivity index (χ4v) is 3.80. The van der Waals surface area contributed by atoms with Crippen LogP contribution in [-0.2, 0) is 4.74 Å². The monoisotopic (exact) mass is 462 g/mol. The molecule has 1 aromatic rings. The van der Waals surface area contributed by atoms with Crippen molar-refractivity contribution in [1.29, 1.82) is 0 Å². The molecule has 1 aromatic carbocycles. The van der Waals surface area contributed by atoms with E-state index in [9.17, 15) is 4.79 Å². The highest BCUT2D eigenvalue weighted by atomic mass is 79.9. The number of hydrogen-bond acceptors (Lipinski definition) is 3. The Morgan fingerprint density at radius 1 is 1.29 bits per heavy atom. The number of alkyl carbamates (subject to hydrolysis) is 1. The van der Waals surface area contributed by atoms with Crippen molar-refractivity contribution < 1.29 is 9.53 Å². The van der Waals surface area contributed by atoms with Gasteiger partial charge in [-0.1, -0.05) is 51.3 Å². The Hall–Kier alpha value is -0.590. The quantitative estimate of drug-likeness (QED) is 0.556. The average molecular weight is 464 g/mol. The van der Waals surface area contributed by atoms with Crippen LogP contribution in [-0.4, -0.2) is 24.3 Å². The molecular weight excluding hydrogens is 436 g/mol. The molecule has 2 atom stereocenters. The van der Waals surface area contributed by atoms with Crippen LogP contribution in [0.2, 0.25) is 0 Å². The van der Waals surface area contributed by atoms with Crippen LogP contribution in [0.3, 0.4) is 0 Å². The number of carbonyl (C=O) groups excluding carboxylic acids is 1. The van der Waals surface area contributed by atoms with E-state index in [1.807, 2.05) is 32.9 Å². The van der Waals surface area contributed by atoms with Gasteiger partial charge in [-0.05, 0) is 51.8 Å². The van der Waals surface area contributed by atoms with Crippen LogP contribution < -0.4 is 10.6 Å². The summed E-state index contributed by atoms with van der Waals surface area (Å²) in [5.41, 5.74) is 0.712. The van der Waals surface area contributed by atoms with Gasteiger partial charge in [-0.2, -0.15) is 0 Å². The third kappa shape index (κ3) is 7.99. The molecule has 0 radical (unpaired) electrons. The van der Waals surface area contributed by atoms with E-state index in [-0.39, 0.29) is 18.2 Å². The van der Waals surface area contributed by atoms with E-state index in [0.717, 1.165) is 21.8 Å². The van der Waals surface area contributed by atoms with Crippen LogP contribution in [0.15, 0.2) is 27.1 Å². The molecule has 136 valence electrons. The van der Waals surface area contributed by atoms with Crippen molar-refractivity contribution in [2.24, 2.45) is 0 Å². The van der Waals surface area contributed by atoms with Crippen molar-refractivity contribution in [2.45, 2.75) is 65.1 Å². The SMILES string of the molecule is CCCC(CNC(=O)OC(C)(C)C)NC(C)c1ccc(Br)cc1Br. The van der Waals surface area contributed by atoms with E-state index in [4.69, 9.17) is 4.74 Å².